The number of benzene rings is 2. The highest BCUT2D eigenvalue weighted by Crippen LogP contribution is 2.34. The van der Waals surface area contributed by atoms with Crippen LogP contribution in [0.2, 0.25) is 5.02 Å². The first-order valence-electron chi connectivity index (χ1n) is 11.7. The van der Waals surface area contributed by atoms with E-state index in [1.165, 1.54) is 6.33 Å². The second kappa shape index (κ2) is 11.8. The summed E-state index contributed by atoms with van der Waals surface area (Å²) in [6.45, 7) is -3.84. The lowest BCUT2D eigenvalue weighted by molar-refractivity contribution is -0.152. The lowest BCUT2D eigenvalue weighted by Gasteiger charge is -2.22. The second-order valence-corrected chi connectivity index (χ2v) is 8.54. The maximum Gasteiger partial charge on any atom is 0.345 e. The zero-order chi connectivity index (χ0) is 28.3. The van der Waals surface area contributed by atoms with Crippen molar-refractivity contribution in [3.63, 3.8) is 0 Å². The molecule has 0 saturated carbocycles. The van der Waals surface area contributed by atoms with Gasteiger partial charge in [0.05, 0.1) is 19.0 Å². The maximum atomic E-state index is 14.3. The largest absolute Gasteiger partial charge is 0.487 e. The molecule has 0 bridgehead atoms. The summed E-state index contributed by atoms with van der Waals surface area (Å²) in [4.78, 5) is 21.0. The topological polar surface area (TPSA) is 111 Å². The van der Waals surface area contributed by atoms with Crippen LogP contribution in [0.4, 0.5) is 13.2 Å². The van der Waals surface area contributed by atoms with Crippen LogP contribution in [0.1, 0.15) is 24.2 Å². The van der Waals surface area contributed by atoms with E-state index in [9.17, 15) is 23.1 Å². The van der Waals surface area contributed by atoms with Crippen molar-refractivity contribution in [3.05, 3.63) is 70.4 Å². The summed E-state index contributed by atoms with van der Waals surface area (Å²) >= 11 is 6.30. The predicted octanol–water partition coefficient (Wildman–Crippen LogP) is 4.10. The number of aliphatic hydroxyl groups excluding tert-OH is 1. The van der Waals surface area contributed by atoms with Gasteiger partial charge in [0, 0.05) is 29.3 Å². The van der Waals surface area contributed by atoms with Crippen molar-refractivity contribution >= 4 is 28.4 Å². The smallest absolute Gasteiger partial charge is 0.345 e. The van der Waals surface area contributed by atoms with Gasteiger partial charge in [-0.15, -0.1) is 0 Å². The molecule has 0 saturated heterocycles. The molecule has 1 atom stereocenters. The summed E-state index contributed by atoms with van der Waals surface area (Å²) in [5, 5.41) is 16.7. The Balaban J connectivity index is 1.71. The minimum Gasteiger partial charge on any atom is -0.487 e. The van der Waals surface area contributed by atoms with Crippen LogP contribution in [-0.2, 0) is 23.2 Å². The van der Waals surface area contributed by atoms with E-state index >= 15 is 0 Å². The highest BCUT2D eigenvalue weighted by Gasteiger charge is 2.22. The van der Waals surface area contributed by atoms with Gasteiger partial charge in [-0.25, -0.2) is 19.0 Å². The Morgan fingerprint density at radius 1 is 1.32 bits per heavy atom. The number of para-hydroxylation sites is 1. The van der Waals surface area contributed by atoms with Crippen LogP contribution in [0.15, 0.2) is 42.7 Å². The summed E-state index contributed by atoms with van der Waals surface area (Å²) in [5.74, 6) is -1.03. The van der Waals surface area contributed by atoms with Gasteiger partial charge < -0.3 is 19.9 Å². The van der Waals surface area contributed by atoms with Gasteiger partial charge in [0.2, 0.25) is 5.91 Å². The van der Waals surface area contributed by atoms with Gasteiger partial charge >= 0.3 is 6.61 Å². The third kappa shape index (κ3) is 6.04. The first-order chi connectivity index (χ1) is 18.5. The molecule has 38 heavy (non-hydrogen) atoms. The van der Waals surface area contributed by atoms with Crippen molar-refractivity contribution in [2.75, 3.05) is 13.2 Å². The fourth-order valence-corrected chi connectivity index (χ4v) is 4.16. The van der Waals surface area contributed by atoms with Gasteiger partial charge in [-0.2, -0.15) is 13.9 Å². The van der Waals surface area contributed by atoms with Gasteiger partial charge in [-0.1, -0.05) is 23.7 Å². The fraction of sp³-hybridized carbons (Fsp3) is 0.280. The molecule has 200 valence electrons. The van der Waals surface area contributed by atoms with Gasteiger partial charge in [0.1, 0.15) is 36.6 Å². The molecule has 2 aromatic carbocycles. The molecule has 0 spiro atoms. The number of alkyl halides is 2. The molecule has 0 aliphatic heterocycles. The number of halogens is 4. The number of ether oxygens (including phenoxy) is 2. The lowest BCUT2D eigenvalue weighted by atomic mass is 10.0. The van der Waals surface area contributed by atoms with Crippen molar-refractivity contribution in [1.82, 2.24) is 25.1 Å². The summed E-state index contributed by atoms with van der Waals surface area (Å²) in [7, 11) is 1.76. The number of aromatic nitrogens is 4. The number of carbonyl (C=O) groups excluding carboxylic acids is 1. The van der Waals surface area contributed by atoms with Crippen molar-refractivity contribution < 1.29 is 33.9 Å². The zero-order valence-corrected chi connectivity index (χ0v) is 21.0. The molecule has 2 aromatic heterocycles. The highest BCUT2D eigenvalue weighted by atomic mass is 35.5. The number of fused-ring (bicyclic) bond motifs is 1. The third-order valence-electron chi connectivity index (χ3n) is 5.53. The number of pyridine rings is 1. The average Bonchev–Trinajstić information content (AvgIpc) is 3.31. The molecule has 9 nitrogen and oxygen atoms in total. The average molecular weight is 551 g/mol. The third-order valence-corrected chi connectivity index (χ3v) is 5.87. The first kappa shape index (κ1) is 25.9. The highest BCUT2D eigenvalue weighted by molar-refractivity contribution is 6.31. The standard InChI is InChI=1S/C25H23ClF3N5O4/c1-13-6-17(24-30-12-31-34(24)2)15-4-3-5-21(23(15)32-13)37-10-18-16(7-14(27)8-19(18)26)20(9-35)33-22(36)11-38-25(28)29/h3-8,12,20,25,35H,9-11H2,1-2H3,(H,33,36)/i20D. The minimum atomic E-state index is -3.22. The van der Waals surface area contributed by atoms with E-state index in [0.29, 0.717) is 22.8 Å². The Morgan fingerprint density at radius 3 is 2.79 bits per heavy atom. The van der Waals surface area contributed by atoms with Crippen LogP contribution in [0, 0.1) is 12.7 Å². The molecular formula is C25H23ClF3N5O4. The number of amides is 1. The molecular weight excluding hydrogens is 527 g/mol. The normalized spacial score (nSPS) is 13.4. The predicted molar refractivity (Wildman–Crippen MR) is 132 cm³/mol. The number of aliphatic hydroxyl groups is 1. The van der Waals surface area contributed by atoms with Crippen LogP contribution < -0.4 is 10.1 Å². The van der Waals surface area contributed by atoms with Crippen molar-refractivity contribution in [2.45, 2.75) is 26.2 Å². The first-order valence-corrected chi connectivity index (χ1v) is 11.6. The molecule has 0 aliphatic carbocycles. The van der Waals surface area contributed by atoms with Gasteiger partial charge in [-0.05, 0) is 36.8 Å². The Bertz CT molecular complexity index is 1520. The van der Waals surface area contributed by atoms with E-state index in [1.54, 1.807) is 30.8 Å². The lowest BCUT2D eigenvalue weighted by Crippen LogP contribution is -2.34. The maximum absolute atomic E-state index is 14.3. The molecule has 4 aromatic rings. The number of nitrogens with zero attached hydrogens (tertiary/aromatic N) is 4. The molecule has 0 radical (unpaired) electrons. The number of carbonyl (C=O) groups is 1. The van der Waals surface area contributed by atoms with Gasteiger partial charge in [0.15, 0.2) is 5.82 Å². The van der Waals surface area contributed by atoms with E-state index in [0.717, 1.165) is 23.1 Å². The minimum absolute atomic E-state index is 0.0791. The second-order valence-electron chi connectivity index (χ2n) is 8.13. The molecule has 13 heteroatoms. The Labute approximate surface area is 221 Å². The summed E-state index contributed by atoms with van der Waals surface area (Å²) < 4.78 is 59.2. The van der Waals surface area contributed by atoms with Crippen molar-refractivity contribution in [3.8, 4) is 17.1 Å². The Morgan fingerprint density at radius 2 is 2.11 bits per heavy atom. The number of hydrogen-bond donors (Lipinski definition) is 2. The van der Waals surface area contributed by atoms with Crippen LogP contribution >= 0.6 is 11.6 Å². The number of rotatable bonds is 10. The fourth-order valence-electron chi connectivity index (χ4n) is 3.90. The van der Waals surface area contributed by atoms with E-state index < -0.39 is 37.6 Å². The number of hydrogen-bond acceptors (Lipinski definition) is 7. The van der Waals surface area contributed by atoms with Crippen LogP contribution in [0.25, 0.3) is 22.3 Å². The van der Waals surface area contributed by atoms with E-state index in [4.69, 9.17) is 17.7 Å². The summed E-state index contributed by atoms with van der Waals surface area (Å²) in [5.41, 5.74) is 1.78. The number of nitrogens with one attached hydrogen (secondary N) is 1. The van der Waals surface area contributed by atoms with Crippen molar-refractivity contribution in [2.24, 2.45) is 7.05 Å². The van der Waals surface area contributed by atoms with Gasteiger partial charge in [-0.3, -0.25) is 4.79 Å². The molecule has 1 amide bonds. The molecule has 2 N–H and O–H groups in total. The van der Waals surface area contributed by atoms with E-state index in [-0.39, 0.29) is 22.8 Å². The molecule has 2 heterocycles. The quantitative estimate of drug-likeness (QED) is 0.306. The summed E-state index contributed by atoms with van der Waals surface area (Å²) in [6, 6.07) is 6.65. The molecule has 0 aliphatic rings. The molecule has 1 unspecified atom stereocenters. The Kier molecular flexibility index (Phi) is 8.01. The number of aryl methyl sites for hydroxylation is 2. The van der Waals surface area contributed by atoms with Crippen LogP contribution in [-0.4, -0.2) is 50.6 Å². The SMILES string of the molecule is [2H]C(CO)(NC(=O)COC(F)F)c1cc(F)cc(Cl)c1COc1cccc2c(-c3ncnn3C)cc(C)nc12. The van der Waals surface area contributed by atoms with E-state index in [2.05, 4.69) is 25.1 Å². The summed E-state index contributed by atoms with van der Waals surface area (Å²) in [6.07, 6.45) is 1.43. The monoisotopic (exact) mass is 550 g/mol. The van der Waals surface area contributed by atoms with E-state index in [1.807, 2.05) is 12.1 Å². The zero-order valence-electron chi connectivity index (χ0n) is 21.2. The molecule has 4 rings (SSSR count). The van der Waals surface area contributed by atoms with Crippen LogP contribution in [0.5, 0.6) is 5.75 Å². The molecule has 0 fully saturated rings. The van der Waals surface area contributed by atoms with Crippen molar-refractivity contribution in [1.29, 1.82) is 0 Å². The Hall–Kier alpha value is -3.74. The van der Waals surface area contributed by atoms with Gasteiger partial charge in [0.25, 0.3) is 0 Å². The van der Waals surface area contributed by atoms with Crippen LogP contribution in [0.3, 0.4) is 0 Å².